The Hall–Kier alpha value is -1.11. The van der Waals surface area contributed by atoms with Gasteiger partial charge in [0.1, 0.15) is 6.73 Å². The molecule has 0 aromatic heterocycles. The van der Waals surface area contributed by atoms with Gasteiger partial charge in [-0.1, -0.05) is 6.08 Å². The fourth-order valence-corrected chi connectivity index (χ4v) is 0.285. The summed E-state index contributed by atoms with van der Waals surface area (Å²) in [4.78, 5) is 9.55. The van der Waals surface area contributed by atoms with Crippen molar-refractivity contribution in [2.45, 2.75) is 0 Å². The van der Waals surface area contributed by atoms with Crippen LogP contribution < -0.4 is 11.1 Å². The Morgan fingerprint density at radius 2 is 1.92 bits per heavy atom. The lowest BCUT2D eigenvalue weighted by Gasteiger charge is -1.99. The highest BCUT2D eigenvalue weighted by Gasteiger charge is 1.95. The molecule has 0 atom stereocenters. The Balaban J connectivity index is 0. The maximum absolute atomic E-state index is 9.55. The first-order valence-electron chi connectivity index (χ1n) is 3.60. The second-order valence-electron chi connectivity index (χ2n) is 2.06. The number of aliphatic hydroxyl groups is 3. The Morgan fingerprint density at radius 1 is 1.46 bits per heavy atom. The molecule has 0 rings (SSSR count). The van der Waals surface area contributed by atoms with Crippen LogP contribution in [0.4, 0.5) is 4.79 Å². The summed E-state index contributed by atoms with van der Waals surface area (Å²) in [7, 11) is 0. The highest BCUT2D eigenvalue weighted by Crippen LogP contribution is 1.90. The summed E-state index contributed by atoms with van der Waals surface area (Å²) in [6.07, 6.45) is 1.53. The molecule has 2 amide bonds. The Bertz CT molecular complexity index is 136. The summed E-state index contributed by atoms with van der Waals surface area (Å²) in [6.45, 7) is 2.96. The minimum atomic E-state index is -0.711. The fourth-order valence-electron chi connectivity index (χ4n) is 0.285. The van der Waals surface area contributed by atoms with E-state index in [1.54, 1.807) is 0 Å². The van der Waals surface area contributed by atoms with Gasteiger partial charge in [0, 0.05) is 5.92 Å². The summed E-state index contributed by atoms with van der Waals surface area (Å²) < 4.78 is 0. The molecular weight excluding hydrogens is 176 g/mol. The van der Waals surface area contributed by atoms with Crippen molar-refractivity contribution < 1.29 is 20.1 Å². The normalized spacial score (nSPS) is 8.62. The van der Waals surface area contributed by atoms with Crippen LogP contribution in [0.1, 0.15) is 0 Å². The quantitative estimate of drug-likeness (QED) is 0.272. The van der Waals surface area contributed by atoms with E-state index in [0.29, 0.717) is 0 Å². The van der Waals surface area contributed by atoms with Gasteiger partial charge in [-0.3, -0.25) is 0 Å². The van der Waals surface area contributed by atoms with Crippen LogP contribution in [0.2, 0.25) is 0 Å². The van der Waals surface area contributed by atoms with E-state index >= 15 is 0 Å². The lowest BCUT2D eigenvalue weighted by Crippen LogP contribution is -2.29. The lowest BCUT2D eigenvalue weighted by molar-refractivity contribution is 0.178. The van der Waals surface area contributed by atoms with Crippen LogP contribution in [0.15, 0.2) is 12.7 Å². The SMILES string of the molecule is C=CC(CO)CO.NC(=O)NCO. The van der Waals surface area contributed by atoms with Gasteiger partial charge in [-0.15, -0.1) is 6.58 Å². The summed E-state index contributed by atoms with van der Waals surface area (Å²) >= 11 is 0. The van der Waals surface area contributed by atoms with Crippen LogP contribution in [-0.4, -0.2) is 41.3 Å². The molecule has 6 N–H and O–H groups in total. The van der Waals surface area contributed by atoms with Gasteiger partial charge in [-0.05, 0) is 0 Å². The Morgan fingerprint density at radius 3 is 1.92 bits per heavy atom. The molecule has 0 aliphatic rings. The molecule has 6 heteroatoms. The number of hydrogen-bond acceptors (Lipinski definition) is 4. The maximum atomic E-state index is 9.55. The zero-order chi connectivity index (χ0) is 10.7. The average Bonchev–Trinajstić information content (AvgIpc) is 2.08. The molecule has 78 valence electrons. The second-order valence-corrected chi connectivity index (χ2v) is 2.06. The standard InChI is InChI=1S/C5H10O2.C2H6N2O2/c1-2-5(3-6)4-7;3-2(6)4-1-5/h2,5-7H,1,3-4H2;5H,1H2,(H3,3,4,6). The topological polar surface area (TPSA) is 116 Å². The van der Waals surface area contributed by atoms with Crippen molar-refractivity contribution in [3.63, 3.8) is 0 Å². The van der Waals surface area contributed by atoms with E-state index in [1.807, 2.05) is 5.32 Å². The third-order valence-electron chi connectivity index (χ3n) is 1.06. The number of amides is 2. The molecule has 0 aromatic rings. The number of primary amides is 1. The predicted molar refractivity (Wildman–Crippen MR) is 47.7 cm³/mol. The highest BCUT2D eigenvalue weighted by molar-refractivity contribution is 5.71. The number of nitrogens with one attached hydrogen (secondary N) is 1. The van der Waals surface area contributed by atoms with Gasteiger partial charge in [-0.25, -0.2) is 4.79 Å². The smallest absolute Gasteiger partial charge is 0.313 e. The summed E-state index contributed by atoms with van der Waals surface area (Å²) in [6, 6.07) is -0.711. The zero-order valence-electron chi connectivity index (χ0n) is 7.31. The van der Waals surface area contributed by atoms with Gasteiger partial charge in [0.15, 0.2) is 0 Å². The van der Waals surface area contributed by atoms with Crippen LogP contribution in [0, 0.1) is 5.92 Å². The lowest BCUT2D eigenvalue weighted by atomic mass is 10.2. The third-order valence-corrected chi connectivity index (χ3v) is 1.06. The van der Waals surface area contributed by atoms with Crippen LogP contribution in [0.25, 0.3) is 0 Å². The van der Waals surface area contributed by atoms with Crippen LogP contribution in [0.5, 0.6) is 0 Å². The maximum Gasteiger partial charge on any atom is 0.313 e. The molecule has 0 heterocycles. The number of carbonyl (C=O) groups excluding carboxylic acids is 1. The van der Waals surface area contributed by atoms with Gasteiger partial charge in [0.25, 0.3) is 0 Å². The van der Waals surface area contributed by atoms with E-state index in [-0.39, 0.29) is 19.1 Å². The van der Waals surface area contributed by atoms with Crippen molar-refractivity contribution in [3.8, 4) is 0 Å². The molecule has 6 nitrogen and oxygen atoms in total. The molecule has 0 aliphatic carbocycles. The van der Waals surface area contributed by atoms with E-state index in [4.69, 9.17) is 15.3 Å². The number of aliphatic hydroxyl groups excluding tert-OH is 3. The first-order valence-corrected chi connectivity index (χ1v) is 3.60. The Kier molecular flexibility index (Phi) is 12.1. The molecule has 0 unspecified atom stereocenters. The molecule has 0 saturated heterocycles. The van der Waals surface area contributed by atoms with E-state index in [2.05, 4.69) is 12.3 Å². The zero-order valence-corrected chi connectivity index (χ0v) is 7.31. The molecule has 13 heavy (non-hydrogen) atoms. The van der Waals surface area contributed by atoms with Crippen molar-refractivity contribution in [1.82, 2.24) is 5.32 Å². The third kappa shape index (κ3) is 13.8. The highest BCUT2D eigenvalue weighted by atomic mass is 16.3. The summed E-state index contributed by atoms with van der Waals surface area (Å²) in [5.74, 6) is -0.139. The monoisotopic (exact) mass is 192 g/mol. The first-order chi connectivity index (χ1) is 6.12. The van der Waals surface area contributed by atoms with Crippen molar-refractivity contribution in [2.24, 2.45) is 11.7 Å². The molecule has 0 fully saturated rings. The van der Waals surface area contributed by atoms with E-state index < -0.39 is 12.8 Å². The fraction of sp³-hybridized carbons (Fsp3) is 0.571. The molecule has 0 aromatic carbocycles. The van der Waals surface area contributed by atoms with Crippen molar-refractivity contribution in [1.29, 1.82) is 0 Å². The minimum absolute atomic E-state index is 0.0139. The number of hydrogen-bond donors (Lipinski definition) is 5. The van der Waals surface area contributed by atoms with E-state index in [9.17, 15) is 4.79 Å². The van der Waals surface area contributed by atoms with Gasteiger partial charge in [0.2, 0.25) is 0 Å². The molecular formula is C7H16N2O4. The second kappa shape index (κ2) is 10.9. The van der Waals surface area contributed by atoms with Gasteiger partial charge < -0.3 is 26.4 Å². The largest absolute Gasteiger partial charge is 0.396 e. The van der Waals surface area contributed by atoms with Crippen molar-refractivity contribution in [2.75, 3.05) is 19.9 Å². The van der Waals surface area contributed by atoms with Gasteiger partial charge >= 0.3 is 6.03 Å². The van der Waals surface area contributed by atoms with Crippen LogP contribution in [0.3, 0.4) is 0 Å². The Labute approximate surface area is 76.7 Å². The van der Waals surface area contributed by atoms with E-state index in [0.717, 1.165) is 0 Å². The van der Waals surface area contributed by atoms with Crippen LogP contribution in [-0.2, 0) is 0 Å². The van der Waals surface area contributed by atoms with Crippen molar-refractivity contribution >= 4 is 6.03 Å². The van der Waals surface area contributed by atoms with Gasteiger partial charge in [-0.2, -0.15) is 0 Å². The number of nitrogens with two attached hydrogens (primary N) is 1. The molecule has 0 bridgehead atoms. The van der Waals surface area contributed by atoms with E-state index in [1.165, 1.54) is 6.08 Å². The van der Waals surface area contributed by atoms with Crippen molar-refractivity contribution in [3.05, 3.63) is 12.7 Å². The summed E-state index contributed by atoms with van der Waals surface area (Å²) in [5.41, 5.74) is 4.49. The first kappa shape index (κ1) is 14.4. The predicted octanol–water partition coefficient (Wildman–Crippen LogP) is -1.62. The van der Waals surface area contributed by atoms with Gasteiger partial charge in [0.05, 0.1) is 13.2 Å². The number of urea groups is 1. The average molecular weight is 192 g/mol. The number of rotatable bonds is 4. The molecule has 0 radical (unpaired) electrons. The molecule has 0 aliphatic heterocycles. The molecule has 0 spiro atoms. The minimum Gasteiger partial charge on any atom is -0.396 e. The van der Waals surface area contributed by atoms with Crippen LogP contribution >= 0.6 is 0 Å². The number of carbonyl (C=O) groups is 1. The molecule has 0 saturated carbocycles. The summed E-state index contributed by atoms with van der Waals surface area (Å²) in [5, 5.41) is 26.3.